The lowest BCUT2D eigenvalue weighted by Gasteiger charge is -2.48. The van der Waals surface area contributed by atoms with Gasteiger partial charge >= 0.3 is 5.97 Å². The van der Waals surface area contributed by atoms with Crippen LogP contribution in [0.2, 0.25) is 0 Å². The van der Waals surface area contributed by atoms with Crippen LogP contribution in [0.25, 0.3) is 5.78 Å². The monoisotopic (exact) mass is 364 g/mol. The van der Waals surface area contributed by atoms with Crippen LogP contribution in [-0.2, 0) is 9.59 Å². The van der Waals surface area contributed by atoms with Crippen LogP contribution in [-0.4, -0.2) is 64.4 Å². The lowest BCUT2D eigenvalue weighted by molar-refractivity contribution is -0.147. The van der Waals surface area contributed by atoms with Gasteiger partial charge < -0.3 is 10.8 Å². The summed E-state index contributed by atoms with van der Waals surface area (Å²) in [6.45, 7) is 0. The number of hydrogen-bond donors (Lipinski definition) is 2. The third kappa shape index (κ3) is 2.36. The summed E-state index contributed by atoms with van der Waals surface area (Å²) in [6, 6.07) is 1.20. The maximum atomic E-state index is 11.9. The molecule has 0 saturated carbocycles. The van der Waals surface area contributed by atoms with Crippen molar-refractivity contribution in [2.24, 2.45) is 5.73 Å². The van der Waals surface area contributed by atoms with Gasteiger partial charge in [0.25, 0.3) is 5.78 Å². The second kappa shape index (κ2) is 5.76. The minimum Gasteiger partial charge on any atom is -0.477 e. The van der Waals surface area contributed by atoms with Crippen molar-refractivity contribution >= 4 is 41.2 Å². The van der Waals surface area contributed by atoms with Crippen molar-refractivity contribution in [1.29, 1.82) is 0 Å². The Labute approximate surface area is 144 Å². The zero-order valence-electron chi connectivity index (χ0n) is 12.2. The Morgan fingerprint density at radius 1 is 1.54 bits per heavy atom. The number of aromatic nitrogens is 4. The van der Waals surface area contributed by atoms with E-state index in [0.29, 0.717) is 27.9 Å². The molecule has 2 aliphatic rings. The third-order valence-electron chi connectivity index (χ3n) is 3.83. The Balaban J connectivity index is 1.57. The minimum atomic E-state index is -1.10. The Morgan fingerprint density at radius 2 is 2.38 bits per heavy atom. The topological polar surface area (TPSA) is 127 Å². The van der Waals surface area contributed by atoms with Gasteiger partial charge in [-0.15, -0.1) is 33.7 Å². The standard InChI is InChI=1S/C13H12N6O3S2/c14-8-10(20)19-9(12(21)22)6(4-24-11(8)19)3-23-7-1-2-18-5-15-17-13(18)16-7/h1-2,5,8,11H,3-4,14H2,(H,21,22)/t8-,11-/m1/s1. The molecule has 1 saturated heterocycles. The van der Waals surface area contributed by atoms with E-state index in [1.807, 2.05) is 6.07 Å². The van der Waals surface area contributed by atoms with Gasteiger partial charge in [-0.05, 0) is 11.6 Å². The molecular formula is C13H12N6O3S2. The van der Waals surface area contributed by atoms with Gasteiger partial charge in [-0.1, -0.05) is 0 Å². The summed E-state index contributed by atoms with van der Waals surface area (Å²) in [5.41, 5.74) is 6.48. The van der Waals surface area contributed by atoms with Gasteiger partial charge in [-0.2, -0.15) is 0 Å². The molecule has 0 spiro atoms. The van der Waals surface area contributed by atoms with Gasteiger partial charge in [0.2, 0.25) is 5.91 Å². The molecule has 2 aromatic heterocycles. The summed E-state index contributed by atoms with van der Waals surface area (Å²) < 4.78 is 1.69. The van der Waals surface area contributed by atoms with Crippen LogP contribution in [0.15, 0.2) is 34.9 Å². The zero-order chi connectivity index (χ0) is 16.8. The number of carboxylic acid groups (broad SMARTS) is 1. The van der Waals surface area contributed by atoms with E-state index in [-0.39, 0.29) is 17.0 Å². The van der Waals surface area contributed by atoms with Crippen LogP contribution >= 0.6 is 23.5 Å². The van der Waals surface area contributed by atoms with Crippen molar-refractivity contribution in [3.8, 4) is 0 Å². The molecule has 2 aliphatic heterocycles. The fraction of sp³-hybridized carbons (Fsp3) is 0.308. The number of β-lactam (4-membered cyclic amide) rings is 1. The molecule has 0 bridgehead atoms. The number of carbonyl (C=O) groups is 2. The first-order chi connectivity index (χ1) is 11.6. The zero-order valence-corrected chi connectivity index (χ0v) is 13.8. The molecule has 4 heterocycles. The molecule has 3 N–H and O–H groups in total. The first-order valence-electron chi connectivity index (χ1n) is 7.01. The molecule has 4 rings (SSSR count). The molecule has 0 radical (unpaired) electrons. The lowest BCUT2D eigenvalue weighted by Crippen LogP contribution is -2.68. The first-order valence-corrected chi connectivity index (χ1v) is 9.04. The van der Waals surface area contributed by atoms with E-state index < -0.39 is 12.0 Å². The smallest absolute Gasteiger partial charge is 0.352 e. The molecule has 2 aromatic rings. The van der Waals surface area contributed by atoms with E-state index in [1.165, 1.54) is 28.4 Å². The highest BCUT2D eigenvalue weighted by molar-refractivity contribution is 8.01. The number of rotatable bonds is 4. The van der Waals surface area contributed by atoms with E-state index in [4.69, 9.17) is 5.73 Å². The predicted octanol–water partition coefficient (Wildman–Crippen LogP) is -0.202. The van der Waals surface area contributed by atoms with Crippen molar-refractivity contribution in [3.63, 3.8) is 0 Å². The number of nitrogens with zero attached hydrogens (tertiary/aromatic N) is 5. The molecular weight excluding hydrogens is 352 g/mol. The highest BCUT2D eigenvalue weighted by Gasteiger charge is 2.51. The first kappa shape index (κ1) is 15.4. The number of amides is 1. The molecule has 1 fully saturated rings. The average Bonchev–Trinajstić information content (AvgIpc) is 3.05. The molecule has 0 unspecified atom stereocenters. The quantitative estimate of drug-likeness (QED) is 0.430. The highest BCUT2D eigenvalue weighted by atomic mass is 32.2. The summed E-state index contributed by atoms with van der Waals surface area (Å²) in [6.07, 6.45) is 3.35. The van der Waals surface area contributed by atoms with Gasteiger partial charge in [0.15, 0.2) is 0 Å². The van der Waals surface area contributed by atoms with E-state index in [2.05, 4.69) is 15.2 Å². The van der Waals surface area contributed by atoms with E-state index >= 15 is 0 Å². The molecule has 1 amide bonds. The van der Waals surface area contributed by atoms with E-state index in [9.17, 15) is 14.7 Å². The van der Waals surface area contributed by atoms with Crippen LogP contribution in [0.3, 0.4) is 0 Å². The number of nitrogens with two attached hydrogens (primary N) is 1. The maximum absolute atomic E-state index is 11.9. The number of aliphatic carboxylic acids is 1. The molecule has 2 atom stereocenters. The second-order valence-corrected chi connectivity index (χ2v) is 7.39. The summed E-state index contributed by atoms with van der Waals surface area (Å²) in [7, 11) is 0. The van der Waals surface area contributed by atoms with Crippen molar-refractivity contribution in [3.05, 3.63) is 29.9 Å². The minimum absolute atomic E-state index is 0.0569. The van der Waals surface area contributed by atoms with Crippen molar-refractivity contribution in [2.45, 2.75) is 16.4 Å². The van der Waals surface area contributed by atoms with Crippen LogP contribution in [0.1, 0.15) is 0 Å². The van der Waals surface area contributed by atoms with Gasteiger partial charge in [-0.25, -0.2) is 9.78 Å². The van der Waals surface area contributed by atoms with Gasteiger partial charge in [0, 0.05) is 17.7 Å². The molecule has 24 heavy (non-hydrogen) atoms. The normalized spacial score (nSPS) is 23.4. The van der Waals surface area contributed by atoms with Crippen molar-refractivity contribution in [2.75, 3.05) is 11.5 Å². The largest absolute Gasteiger partial charge is 0.477 e. The summed E-state index contributed by atoms with van der Waals surface area (Å²) in [5.74, 6) is 0.00305. The van der Waals surface area contributed by atoms with Gasteiger partial charge in [0.05, 0.1) is 0 Å². The Kier molecular flexibility index (Phi) is 3.70. The van der Waals surface area contributed by atoms with Gasteiger partial charge in [-0.3, -0.25) is 14.1 Å². The maximum Gasteiger partial charge on any atom is 0.352 e. The van der Waals surface area contributed by atoms with Crippen molar-refractivity contribution in [1.82, 2.24) is 24.5 Å². The fourth-order valence-corrected chi connectivity index (χ4v) is 4.92. The van der Waals surface area contributed by atoms with Crippen LogP contribution in [0.5, 0.6) is 0 Å². The third-order valence-corrected chi connectivity index (χ3v) is 6.20. The fourth-order valence-electron chi connectivity index (χ4n) is 2.63. The summed E-state index contributed by atoms with van der Waals surface area (Å²) in [4.78, 5) is 29.1. The lowest BCUT2D eigenvalue weighted by atomic mass is 10.0. The second-order valence-electron chi connectivity index (χ2n) is 5.29. The number of fused-ring (bicyclic) bond motifs is 2. The van der Waals surface area contributed by atoms with Crippen LogP contribution in [0, 0.1) is 0 Å². The number of hydrogen-bond acceptors (Lipinski definition) is 8. The van der Waals surface area contributed by atoms with Crippen LogP contribution < -0.4 is 5.73 Å². The molecule has 0 aliphatic carbocycles. The van der Waals surface area contributed by atoms with Crippen LogP contribution in [0.4, 0.5) is 0 Å². The molecule has 124 valence electrons. The summed E-state index contributed by atoms with van der Waals surface area (Å²) >= 11 is 2.89. The Hall–Kier alpha value is -2.11. The highest BCUT2D eigenvalue weighted by Crippen LogP contribution is 2.40. The predicted molar refractivity (Wildman–Crippen MR) is 87.2 cm³/mol. The van der Waals surface area contributed by atoms with Crippen molar-refractivity contribution < 1.29 is 14.7 Å². The number of thioether (sulfide) groups is 2. The van der Waals surface area contributed by atoms with Gasteiger partial charge in [0.1, 0.15) is 28.5 Å². The summed E-state index contributed by atoms with van der Waals surface area (Å²) in [5, 5.41) is 17.6. The average molecular weight is 364 g/mol. The SMILES string of the molecule is N[C@@H]1C(=O)N2C(C(=O)O)=C(CSc3ccn4cnnc4n3)CS[C@H]12. The molecule has 11 heteroatoms. The van der Waals surface area contributed by atoms with E-state index in [0.717, 1.165) is 0 Å². The number of carboxylic acids is 1. The van der Waals surface area contributed by atoms with E-state index in [1.54, 1.807) is 16.9 Å². The molecule has 0 aromatic carbocycles. The Bertz CT molecular complexity index is 881. The number of carbonyl (C=O) groups excluding carboxylic acids is 1. The molecule has 9 nitrogen and oxygen atoms in total. The Morgan fingerprint density at radius 3 is 3.17 bits per heavy atom.